The van der Waals surface area contributed by atoms with Crippen molar-refractivity contribution in [1.82, 2.24) is 15.0 Å². The number of hydrogen-bond donors (Lipinski definition) is 0. The molecule has 0 N–H and O–H groups in total. The minimum atomic E-state index is -4.03. The molecule has 0 amide bonds. The van der Waals surface area contributed by atoms with Crippen LogP contribution in [0, 0.1) is 0 Å². The molecule has 0 atom stereocenters. The molecule has 10 heteroatoms. The molecule has 3 aromatic heterocycles. The number of pyridine rings is 3. The van der Waals surface area contributed by atoms with E-state index in [-0.39, 0.29) is 15.2 Å². The number of benzene rings is 3. The molecule has 0 saturated carbocycles. The van der Waals surface area contributed by atoms with Crippen molar-refractivity contribution >= 4 is 107 Å². The first-order valence-corrected chi connectivity index (χ1v) is 17.5. The third-order valence-corrected chi connectivity index (χ3v) is 12.1. The fourth-order valence-corrected chi connectivity index (χ4v) is 8.92. The Kier molecular flexibility index (Phi) is 7.92. The Balaban J connectivity index is 1.27. The van der Waals surface area contributed by atoms with Crippen molar-refractivity contribution in [2.45, 2.75) is 0 Å². The predicted octanol–water partition coefficient (Wildman–Crippen LogP) is 6.79. The zero-order chi connectivity index (χ0) is 27.5. The van der Waals surface area contributed by atoms with Crippen molar-refractivity contribution in [3.05, 3.63) is 126 Å². The summed E-state index contributed by atoms with van der Waals surface area (Å²) in [4.78, 5) is 13.9. The summed E-state index contributed by atoms with van der Waals surface area (Å²) in [5, 5.41) is 3.43. The molecule has 0 saturated heterocycles. The van der Waals surface area contributed by atoms with Gasteiger partial charge in [0.1, 0.15) is 0 Å². The van der Waals surface area contributed by atoms with Crippen LogP contribution in [0.4, 0.5) is 0 Å². The topological polar surface area (TPSA) is 66.4 Å². The van der Waals surface area contributed by atoms with E-state index < -0.39 is 22.7 Å². The van der Waals surface area contributed by atoms with Crippen molar-refractivity contribution in [2.75, 3.05) is 0 Å². The van der Waals surface area contributed by atoms with E-state index in [1.165, 1.54) is 0 Å². The van der Waals surface area contributed by atoms with Crippen molar-refractivity contribution in [3.63, 3.8) is 0 Å². The zero-order valence-corrected chi connectivity index (χ0v) is 26.5. The number of para-hydroxylation sites is 3. The molecule has 0 aliphatic heterocycles. The summed E-state index contributed by atoms with van der Waals surface area (Å²) in [6.07, 6.45) is 0. The third-order valence-electron chi connectivity index (χ3n) is 6.03. The first kappa shape index (κ1) is 26.6. The van der Waals surface area contributed by atoms with Crippen molar-refractivity contribution in [1.29, 1.82) is 0 Å². The van der Waals surface area contributed by atoms with E-state index in [0.29, 0.717) is 17.1 Å². The number of nitrogens with zero attached hydrogens (tertiary/aromatic N) is 3. The van der Waals surface area contributed by atoms with Gasteiger partial charge in [0, 0.05) is 0 Å². The molecule has 3 aromatic carbocycles. The average molecular weight is 680 g/mol. The monoisotopic (exact) mass is 679 g/mol. The summed E-state index contributed by atoms with van der Waals surface area (Å²) < 4.78 is 18.4. The number of hydrogen-bond acceptors (Lipinski definition) is 9. The molecule has 0 radical (unpaired) electrons. The van der Waals surface area contributed by atoms with E-state index in [1.807, 2.05) is 91.0 Å². The van der Waals surface area contributed by atoms with E-state index in [2.05, 4.69) is 15.0 Å². The maximum absolute atomic E-state index is 6.15. The quantitative estimate of drug-likeness (QED) is 0.177. The number of aromatic nitrogens is 3. The summed E-state index contributed by atoms with van der Waals surface area (Å²) >= 11 is 12.8. The number of fused-ring (bicyclic) bond motifs is 3. The first-order valence-electron chi connectivity index (χ1n) is 12.2. The summed E-state index contributed by atoms with van der Waals surface area (Å²) in [6.45, 7) is 0. The molecule has 0 aliphatic rings. The van der Waals surface area contributed by atoms with Crippen LogP contribution in [0.3, 0.4) is 0 Å². The van der Waals surface area contributed by atoms with Gasteiger partial charge in [-0.2, -0.15) is 0 Å². The number of rotatable bonds is 6. The second kappa shape index (κ2) is 11.9. The van der Waals surface area contributed by atoms with Gasteiger partial charge in [-0.3, -0.25) is 0 Å². The molecule has 6 rings (SSSR count). The van der Waals surface area contributed by atoms with Crippen LogP contribution in [0.2, 0.25) is 0 Å². The van der Waals surface area contributed by atoms with Gasteiger partial charge >= 0.3 is 257 Å². The first-order chi connectivity index (χ1) is 19.5. The van der Waals surface area contributed by atoms with Crippen LogP contribution < -0.4 is 0 Å². The van der Waals surface area contributed by atoms with Gasteiger partial charge in [0.2, 0.25) is 0 Å². The van der Waals surface area contributed by atoms with Crippen LogP contribution >= 0.6 is 36.7 Å². The second-order valence-electron chi connectivity index (χ2n) is 8.67. The number of thiocarbonyl (C=S) groups is 3. The fraction of sp³-hybridized carbons (Fsp3) is 0. The molecule has 0 unspecified atom stereocenters. The Hall–Kier alpha value is -3.57. The van der Waals surface area contributed by atoms with Gasteiger partial charge in [-0.05, 0) is 0 Å². The Bertz CT molecular complexity index is 1710. The van der Waals surface area contributed by atoms with Gasteiger partial charge in [0.25, 0.3) is 0 Å². The van der Waals surface area contributed by atoms with Crippen molar-refractivity contribution < 1.29 is 8.56 Å². The minimum absolute atomic E-state index is 0.148. The van der Waals surface area contributed by atoms with Gasteiger partial charge in [-0.25, -0.2) is 0 Å². The van der Waals surface area contributed by atoms with Gasteiger partial charge in [0.05, 0.1) is 0 Å². The Morgan fingerprint density at radius 2 is 0.725 bits per heavy atom. The van der Waals surface area contributed by atoms with E-state index >= 15 is 0 Å². The summed E-state index contributed by atoms with van der Waals surface area (Å²) in [5.41, 5.74) is 3.87. The molecule has 0 aliphatic carbocycles. The Morgan fingerprint density at radius 1 is 0.425 bits per heavy atom. The standard InChI is InChI=1S/3C10H7NOS.In/c3*12-10(13)9-6-5-7-3-1-2-4-8(7)11-9;/h3*1-6H,(H,12,13);/q;;;+3/p-3. The van der Waals surface area contributed by atoms with E-state index in [0.717, 1.165) is 32.7 Å². The van der Waals surface area contributed by atoms with E-state index in [4.69, 9.17) is 45.2 Å². The fourth-order valence-electron chi connectivity index (χ4n) is 4.05. The summed E-state index contributed by atoms with van der Waals surface area (Å²) in [7, 11) is 0. The maximum atomic E-state index is 6.15. The van der Waals surface area contributed by atoms with Crippen molar-refractivity contribution in [2.24, 2.45) is 0 Å². The zero-order valence-electron chi connectivity index (χ0n) is 20.8. The Labute approximate surface area is 255 Å². The normalized spacial score (nSPS) is 10.8. The van der Waals surface area contributed by atoms with Crippen LogP contribution in [-0.2, 0) is 8.56 Å². The molecule has 6 nitrogen and oxygen atoms in total. The predicted molar refractivity (Wildman–Crippen MR) is 169 cm³/mol. The molecular weight excluding hydrogens is 661 g/mol. The SMILES string of the molecule is S=C([O][In]([O]C(=S)c1ccc2ccccc2n1)[O]C(=S)c1ccc2ccccc2n1)c1ccc2ccccc2n1. The second-order valence-corrected chi connectivity index (χ2v) is 13.5. The van der Waals surface area contributed by atoms with Crippen LogP contribution in [0.15, 0.2) is 109 Å². The van der Waals surface area contributed by atoms with E-state index in [1.54, 1.807) is 18.2 Å². The van der Waals surface area contributed by atoms with Crippen molar-refractivity contribution in [3.8, 4) is 0 Å². The molecule has 0 spiro atoms. The summed E-state index contributed by atoms with van der Waals surface area (Å²) in [5.74, 6) is 0. The van der Waals surface area contributed by atoms with Crippen LogP contribution in [0.5, 0.6) is 0 Å². The molecule has 0 bridgehead atoms. The van der Waals surface area contributed by atoms with Crippen LogP contribution in [0.25, 0.3) is 32.7 Å². The molecular formula is C30H18InN3O3S3. The third kappa shape index (κ3) is 5.95. The Morgan fingerprint density at radius 3 is 1.05 bits per heavy atom. The van der Waals surface area contributed by atoms with Gasteiger partial charge in [-0.15, -0.1) is 0 Å². The van der Waals surface area contributed by atoms with E-state index in [9.17, 15) is 0 Å². The van der Waals surface area contributed by atoms with Gasteiger partial charge < -0.3 is 0 Å². The summed E-state index contributed by atoms with van der Waals surface area (Å²) in [6, 6.07) is 34.5. The molecule has 3 heterocycles. The van der Waals surface area contributed by atoms with Gasteiger partial charge in [-0.1, -0.05) is 0 Å². The van der Waals surface area contributed by atoms with Crippen LogP contribution in [0.1, 0.15) is 17.1 Å². The average Bonchev–Trinajstić information content (AvgIpc) is 3.00. The van der Waals surface area contributed by atoms with Crippen LogP contribution in [-0.4, -0.2) is 52.9 Å². The molecule has 0 fully saturated rings. The molecule has 40 heavy (non-hydrogen) atoms. The molecule has 6 aromatic rings. The van der Waals surface area contributed by atoms with Gasteiger partial charge in [0.15, 0.2) is 0 Å². The molecule has 192 valence electrons.